The van der Waals surface area contributed by atoms with E-state index in [1.54, 1.807) is 17.8 Å². The standard InChI is InChI=1S/C18H16O4S/c1-10(19)13-7-8-15-17(18(13)21)14(9-16(20)22-15)11-3-5-12(23-2)6-4-11/h3-8,14,21H,9H2,1-2H3. The molecule has 2 aromatic carbocycles. The number of phenolic OH excluding ortho intramolecular Hbond substituents is 1. The SMILES string of the molecule is CSc1ccc(C2CC(=O)Oc3ccc(C(C)=O)c(O)c32)cc1. The Morgan fingerprint density at radius 2 is 1.91 bits per heavy atom. The van der Waals surface area contributed by atoms with E-state index in [4.69, 9.17) is 4.74 Å². The summed E-state index contributed by atoms with van der Waals surface area (Å²) in [6, 6.07) is 10.9. The normalized spacial score (nSPS) is 16.6. The Balaban J connectivity index is 2.14. The van der Waals surface area contributed by atoms with E-state index in [9.17, 15) is 14.7 Å². The van der Waals surface area contributed by atoms with Gasteiger partial charge in [-0.05, 0) is 43.0 Å². The molecule has 0 amide bonds. The van der Waals surface area contributed by atoms with Gasteiger partial charge in [-0.2, -0.15) is 0 Å². The number of thioether (sulfide) groups is 1. The first kappa shape index (κ1) is 15.6. The topological polar surface area (TPSA) is 63.6 Å². The number of fused-ring (bicyclic) bond motifs is 1. The summed E-state index contributed by atoms with van der Waals surface area (Å²) in [7, 11) is 0. The molecule has 0 bridgehead atoms. The summed E-state index contributed by atoms with van der Waals surface area (Å²) in [5.74, 6) is -0.657. The van der Waals surface area contributed by atoms with Crippen LogP contribution < -0.4 is 4.74 Å². The van der Waals surface area contributed by atoms with Crippen LogP contribution in [-0.2, 0) is 4.79 Å². The summed E-state index contributed by atoms with van der Waals surface area (Å²) >= 11 is 1.63. The lowest BCUT2D eigenvalue weighted by Crippen LogP contribution is -2.21. The minimum Gasteiger partial charge on any atom is -0.507 e. The molecule has 0 aliphatic carbocycles. The summed E-state index contributed by atoms with van der Waals surface area (Å²) in [5.41, 5.74) is 1.67. The van der Waals surface area contributed by atoms with Crippen LogP contribution in [-0.4, -0.2) is 23.1 Å². The maximum Gasteiger partial charge on any atom is 0.312 e. The first-order valence-electron chi connectivity index (χ1n) is 7.22. The van der Waals surface area contributed by atoms with Gasteiger partial charge >= 0.3 is 5.97 Å². The van der Waals surface area contributed by atoms with Crippen molar-refractivity contribution in [2.45, 2.75) is 24.2 Å². The maximum absolute atomic E-state index is 11.9. The molecule has 0 spiro atoms. The monoisotopic (exact) mass is 328 g/mol. The lowest BCUT2D eigenvalue weighted by Gasteiger charge is -2.26. The first-order valence-corrected chi connectivity index (χ1v) is 8.45. The molecule has 5 heteroatoms. The Morgan fingerprint density at radius 1 is 1.22 bits per heavy atom. The number of ether oxygens (including phenoxy) is 1. The molecule has 2 aromatic rings. The summed E-state index contributed by atoms with van der Waals surface area (Å²) in [5, 5.41) is 10.5. The zero-order valence-electron chi connectivity index (χ0n) is 12.8. The quantitative estimate of drug-likeness (QED) is 0.402. The van der Waals surface area contributed by atoms with Crippen molar-refractivity contribution >= 4 is 23.5 Å². The number of carbonyl (C=O) groups excluding carboxylic acids is 2. The van der Waals surface area contributed by atoms with Crippen LogP contribution in [0.4, 0.5) is 0 Å². The van der Waals surface area contributed by atoms with Gasteiger partial charge in [-0.15, -0.1) is 11.8 Å². The molecule has 0 aromatic heterocycles. The highest BCUT2D eigenvalue weighted by molar-refractivity contribution is 7.98. The largest absolute Gasteiger partial charge is 0.507 e. The number of hydrogen-bond donors (Lipinski definition) is 1. The fraction of sp³-hybridized carbons (Fsp3) is 0.222. The number of esters is 1. The number of rotatable bonds is 3. The van der Waals surface area contributed by atoms with Crippen LogP contribution >= 0.6 is 11.8 Å². The molecule has 0 saturated heterocycles. The van der Waals surface area contributed by atoms with Crippen LogP contribution in [0.2, 0.25) is 0 Å². The molecule has 23 heavy (non-hydrogen) atoms. The Kier molecular flexibility index (Phi) is 4.13. The number of phenols is 1. The van der Waals surface area contributed by atoms with Crippen molar-refractivity contribution in [3.63, 3.8) is 0 Å². The molecule has 118 valence electrons. The van der Waals surface area contributed by atoms with Gasteiger partial charge in [-0.3, -0.25) is 9.59 Å². The molecule has 0 saturated carbocycles. The van der Waals surface area contributed by atoms with Gasteiger partial charge in [0.15, 0.2) is 5.78 Å². The van der Waals surface area contributed by atoms with Crippen LogP contribution in [0.25, 0.3) is 0 Å². The molecule has 1 N–H and O–H groups in total. The lowest BCUT2D eigenvalue weighted by atomic mass is 9.84. The van der Waals surface area contributed by atoms with Crippen molar-refractivity contribution < 1.29 is 19.4 Å². The van der Waals surface area contributed by atoms with Gasteiger partial charge in [0.25, 0.3) is 0 Å². The molecule has 4 nitrogen and oxygen atoms in total. The van der Waals surface area contributed by atoms with Gasteiger partial charge in [0.2, 0.25) is 0 Å². The maximum atomic E-state index is 11.9. The van der Waals surface area contributed by atoms with Crippen LogP contribution in [0, 0.1) is 0 Å². The molecular weight excluding hydrogens is 312 g/mol. The van der Waals surface area contributed by atoms with Crippen molar-refractivity contribution in [1.82, 2.24) is 0 Å². The molecule has 3 rings (SSSR count). The number of carbonyl (C=O) groups is 2. The Morgan fingerprint density at radius 3 is 2.52 bits per heavy atom. The average molecular weight is 328 g/mol. The number of aromatic hydroxyl groups is 1. The molecule has 1 atom stereocenters. The molecule has 1 aliphatic heterocycles. The van der Waals surface area contributed by atoms with Gasteiger partial charge < -0.3 is 9.84 Å². The number of Topliss-reactive ketones (excluding diaryl/α,β-unsaturated/α-hetero) is 1. The highest BCUT2D eigenvalue weighted by Crippen LogP contribution is 2.45. The third-order valence-electron chi connectivity index (χ3n) is 4.02. The van der Waals surface area contributed by atoms with Crippen LogP contribution in [0.15, 0.2) is 41.3 Å². The summed E-state index contributed by atoms with van der Waals surface area (Å²) < 4.78 is 5.23. The summed E-state index contributed by atoms with van der Waals surface area (Å²) in [4.78, 5) is 24.7. The Hall–Kier alpha value is -2.27. The fourth-order valence-corrected chi connectivity index (χ4v) is 3.26. The first-order chi connectivity index (χ1) is 11.0. The van der Waals surface area contributed by atoms with Crippen LogP contribution in [0.1, 0.15) is 40.7 Å². The Bertz CT molecular complexity index is 780. The van der Waals surface area contributed by atoms with Crippen molar-refractivity contribution in [3.05, 3.63) is 53.1 Å². The summed E-state index contributed by atoms with van der Waals surface area (Å²) in [6.07, 6.45) is 2.13. The average Bonchev–Trinajstić information content (AvgIpc) is 2.54. The number of benzene rings is 2. The van der Waals surface area contributed by atoms with Crippen molar-refractivity contribution in [1.29, 1.82) is 0 Å². The van der Waals surface area contributed by atoms with E-state index in [0.717, 1.165) is 10.5 Å². The van der Waals surface area contributed by atoms with E-state index in [0.29, 0.717) is 11.3 Å². The highest BCUT2D eigenvalue weighted by Gasteiger charge is 2.32. The molecule has 0 fully saturated rings. The van der Waals surface area contributed by atoms with Gasteiger partial charge in [0.1, 0.15) is 11.5 Å². The predicted molar refractivity (Wildman–Crippen MR) is 88.4 cm³/mol. The smallest absolute Gasteiger partial charge is 0.312 e. The summed E-state index contributed by atoms with van der Waals surface area (Å²) in [6.45, 7) is 1.40. The van der Waals surface area contributed by atoms with Crippen LogP contribution in [0.3, 0.4) is 0 Å². The molecule has 0 radical (unpaired) electrons. The van der Waals surface area contributed by atoms with E-state index < -0.39 is 0 Å². The lowest BCUT2D eigenvalue weighted by molar-refractivity contribution is -0.135. The zero-order chi connectivity index (χ0) is 16.6. The minimum absolute atomic E-state index is 0.0959. The number of hydrogen-bond acceptors (Lipinski definition) is 5. The zero-order valence-corrected chi connectivity index (χ0v) is 13.6. The second-order valence-corrected chi connectivity index (χ2v) is 6.31. The number of ketones is 1. The van der Waals surface area contributed by atoms with Gasteiger partial charge in [0, 0.05) is 16.4 Å². The highest BCUT2D eigenvalue weighted by atomic mass is 32.2. The van der Waals surface area contributed by atoms with Gasteiger partial charge in [-0.1, -0.05) is 12.1 Å². The minimum atomic E-state index is -0.341. The molecular formula is C18H16O4S. The van der Waals surface area contributed by atoms with Crippen LogP contribution in [0.5, 0.6) is 11.5 Å². The van der Waals surface area contributed by atoms with Gasteiger partial charge in [0.05, 0.1) is 12.0 Å². The van der Waals surface area contributed by atoms with E-state index in [2.05, 4.69) is 0 Å². The predicted octanol–water partition coefficient (Wildman–Crippen LogP) is 3.76. The van der Waals surface area contributed by atoms with E-state index in [1.165, 1.54) is 13.0 Å². The van der Waals surface area contributed by atoms with E-state index in [-0.39, 0.29) is 35.4 Å². The van der Waals surface area contributed by atoms with Gasteiger partial charge in [-0.25, -0.2) is 0 Å². The third-order valence-corrected chi connectivity index (χ3v) is 4.76. The van der Waals surface area contributed by atoms with Crippen molar-refractivity contribution in [2.75, 3.05) is 6.26 Å². The second-order valence-electron chi connectivity index (χ2n) is 5.43. The fourth-order valence-electron chi connectivity index (χ4n) is 2.85. The Labute approximate surface area is 138 Å². The van der Waals surface area contributed by atoms with Crippen molar-refractivity contribution in [2.24, 2.45) is 0 Å². The second kappa shape index (κ2) is 6.08. The molecule has 1 unspecified atom stereocenters. The third kappa shape index (κ3) is 2.84. The van der Waals surface area contributed by atoms with E-state index in [1.807, 2.05) is 30.5 Å². The van der Waals surface area contributed by atoms with E-state index >= 15 is 0 Å². The van der Waals surface area contributed by atoms with Crippen molar-refractivity contribution in [3.8, 4) is 11.5 Å². The molecule has 1 heterocycles. The molecule has 1 aliphatic rings.